The summed E-state index contributed by atoms with van der Waals surface area (Å²) in [5.74, 6) is 1.54. The molecule has 0 saturated heterocycles. The predicted molar refractivity (Wildman–Crippen MR) is 123 cm³/mol. The van der Waals surface area contributed by atoms with Crippen LogP contribution in [0.15, 0.2) is 76.4 Å². The number of aromatic nitrogens is 2. The number of ether oxygens (including phenoxy) is 1. The number of hydrogen-bond acceptors (Lipinski definition) is 6. The summed E-state index contributed by atoms with van der Waals surface area (Å²) in [7, 11) is 1.66. The molecular formula is C24H23N3O3S. The molecule has 1 aromatic heterocycles. The third-order valence-corrected chi connectivity index (χ3v) is 5.67. The van der Waals surface area contributed by atoms with E-state index in [9.17, 15) is 4.79 Å². The van der Waals surface area contributed by atoms with Gasteiger partial charge < -0.3 is 14.5 Å². The third kappa shape index (κ3) is 5.64. The molecule has 4 rings (SSSR count). The SMILES string of the molecule is COc1ccc(CCCc2nnc(SCC(=O)Nc3cccc4ccccc34)o2)cc1. The van der Waals surface area contributed by atoms with Crippen LogP contribution in [-0.4, -0.2) is 29.0 Å². The number of nitrogens with zero attached hydrogens (tertiary/aromatic N) is 2. The maximum absolute atomic E-state index is 12.4. The van der Waals surface area contributed by atoms with Crippen molar-refractivity contribution in [1.29, 1.82) is 0 Å². The lowest BCUT2D eigenvalue weighted by Gasteiger charge is -2.07. The lowest BCUT2D eigenvalue weighted by atomic mass is 10.1. The van der Waals surface area contributed by atoms with Gasteiger partial charge in [-0.05, 0) is 42.0 Å². The summed E-state index contributed by atoms with van der Waals surface area (Å²) in [4.78, 5) is 12.4. The van der Waals surface area contributed by atoms with Crippen molar-refractivity contribution in [1.82, 2.24) is 10.2 Å². The molecule has 1 amide bonds. The molecule has 7 heteroatoms. The third-order valence-electron chi connectivity index (χ3n) is 4.85. The van der Waals surface area contributed by atoms with E-state index in [0.29, 0.717) is 17.5 Å². The first-order chi connectivity index (χ1) is 15.2. The van der Waals surface area contributed by atoms with Crippen LogP contribution in [0.25, 0.3) is 10.8 Å². The van der Waals surface area contributed by atoms with E-state index < -0.39 is 0 Å². The van der Waals surface area contributed by atoms with Crippen LogP contribution >= 0.6 is 11.8 Å². The number of carbonyl (C=O) groups is 1. The van der Waals surface area contributed by atoms with Crippen molar-refractivity contribution in [3.05, 3.63) is 78.2 Å². The monoisotopic (exact) mass is 433 g/mol. The number of carbonyl (C=O) groups excluding carboxylic acids is 1. The molecule has 0 aliphatic heterocycles. The molecule has 6 nitrogen and oxygen atoms in total. The van der Waals surface area contributed by atoms with Gasteiger partial charge in [-0.2, -0.15) is 0 Å². The number of rotatable bonds is 9. The van der Waals surface area contributed by atoms with Crippen molar-refractivity contribution in [2.45, 2.75) is 24.5 Å². The zero-order valence-corrected chi connectivity index (χ0v) is 18.0. The molecule has 0 saturated carbocycles. The number of methoxy groups -OCH3 is 1. The number of nitrogens with one attached hydrogen (secondary N) is 1. The molecular weight excluding hydrogens is 410 g/mol. The van der Waals surface area contributed by atoms with Crippen LogP contribution in [0, 0.1) is 0 Å². The van der Waals surface area contributed by atoms with E-state index in [-0.39, 0.29) is 11.7 Å². The van der Waals surface area contributed by atoms with Crippen molar-refractivity contribution in [3.63, 3.8) is 0 Å². The van der Waals surface area contributed by atoms with Gasteiger partial charge in [0.25, 0.3) is 5.22 Å². The molecule has 0 unspecified atom stereocenters. The quantitative estimate of drug-likeness (QED) is 0.368. The van der Waals surface area contributed by atoms with E-state index >= 15 is 0 Å². The van der Waals surface area contributed by atoms with Gasteiger partial charge in [-0.25, -0.2) is 0 Å². The zero-order chi connectivity index (χ0) is 21.5. The first-order valence-corrected chi connectivity index (χ1v) is 11.1. The molecule has 1 N–H and O–H groups in total. The number of hydrogen-bond donors (Lipinski definition) is 1. The molecule has 4 aromatic rings. The topological polar surface area (TPSA) is 77.2 Å². The fourth-order valence-corrected chi connectivity index (χ4v) is 3.86. The number of anilines is 1. The first-order valence-electron chi connectivity index (χ1n) is 10.1. The second kappa shape index (κ2) is 10.1. The summed E-state index contributed by atoms with van der Waals surface area (Å²) in [6, 6.07) is 21.8. The average molecular weight is 434 g/mol. The highest BCUT2D eigenvalue weighted by Crippen LogP contribution is 2.24. The van der Waals surface area contributed by atoms with Gasteiger partial charge in [0.2, 0.25) is 11.8 Å². The minimum atomic E-state index is -0.111. The van der Waals surface area contributed by atoms with Gasteiger partial charge in [-0.15, -0.1) is 10.2 Å². The van der Waals surface area contributed by atoms with Gasteiger partial charge in [0.15, 0.2) is 0 Å². The Labute approximate surface area is 185 Å². The van der Waals surface area contributed by atoms with E-state index in [0.717, 1.165) is 35.1 Å². The number of fused-ring (bicyclic) bond motifs is 1. The largest absolute Gasteiger partial charge is 0.497 e. The molecule has 3 aromatic carbocycles. The average Bonchev–Trinajstić information content (AvgIpc) is 3.26. The predicted octanol–water partition coefficient (Wildman–Crippen LogP) is 5.14. The van der Waals surface area contributed by atoms with Crippen molar-refractivity contribution in [2.75, 3.05) is 18.2 Å². The van der Waals surface area contributed by atoms with Crippen LogP contribution in [0.4, 0.5) is 5.69 Å². The summed E-state index contributed by atoms with van der Waals surface area (Å²) >= 11 is 1.24. The van der Waals surface area contributed by atoms with Gasteiger partial charge in [-0.3, -0.25) is 4.79 Å². The second-order valence-electron chi connectivity index (χ2n) is 7.03. The smallest absolute Gasteiger partial charge is 0.277 e. The van der Waals surface area contributed by atoms with Gasteiger partial charge in [0.1, 0.15) is 5.75 Å². The lowest BCUT2D eigenvalue weighted by Crippen LogP contribution is -2.14. The zero-order valence-electron chi connectivity index (χ0n) is 17.2. The second-order valence-corrected chi connectivity index (χ2v) is 7.95. The highest BCUT2D eigenvalue weighted by atomic mass is 32.2. The van der Waals surface area contributed by atoms with Crippen LogP contribution in [0.1, 0.15) is 17.9 Å². The maximum Gasteiger partial charge on any atom is 0.277 e. The molecule has 0 bridgehead atoms. The Morgan fingerprint density at radius 1 is 1.00 bits per heavy atom. The molecule has 0 fully saturated rings. The van der Waals surface area contributed by atoms with Crippen LogP contribution in [0.3, 0.4) is 0 Å². The highest BCUT2D eigenvalue weighted by Gasteiger charge is 2.11. The van der Waals surface area contributed by atoms with E-state index in [1.807, 2.05) is 54.6 Å². The van der Waals surface area contributed by atoms with E-state index in [1.165, 1.54) is 17.3 Å². The Bertz CT molecular complexity index is 1150. The first kappa shape index (κ1) is 20.9. The number of amides is 1. The summed E-state index contributed by atoms with van der Waals surface area (Å²) in [5, 5.41) is 13.6. The summed E-state index contributed by atoms with van der Waals surface area (Å²) in [6.07, 6.45) is 2.52. The Morgan fingerprint density at radius 2 is 1.81 bits per heavy atom. The summed E-state index contributed by atoms with van der Waals surface area (Å²) in [5.41, 5.74) is 2.04. The van der Waals surface area contributed by atoms with Gasteiger partial charge in [-0.1, -0.05) is 60.3 Å². The molecule has 0 atom stereocenters. The van der Waals surface area contributed by atoms with Crippen molar-refractivity contribution >= 4 is 34.1 Å². The van der Waals surface area contributed by atoms with Crippen molar-refractivity contribution in [3.8, 4) is 5.75 Å². The van der Waals surface area contributed by atoms with Crippen LogP contribution < -0.4 is 10.1 Å². The maximum atomic E-state index is 12.4. The summed E-state index contributed by atoms with van der Waals surface area (Å²) in [6.45, 7) is 0. The fourth-order valence-electron chi connectivity index (χ4n) is 3.28. The van der Waals surface area contributed by atoms with Crippen LogP contribution in [-0.2, 0) is 17.6 Å². The molecule has 1 heterocycles. The Balaban J connectivity index is 1.24. The Kier molecular flexibility index (Phi) is 6.84. The standard InChI is InChI=1S/C24H23N3O3S/c1-29-19-14-12-17(13-15-19)6-4-11-23-26-27-24(30-23)31-16-22(28)25-21-10-5-8-18-7-2-3-9-20(18)21/h2-3,5,7-10,12-15H,4,6,11,16H2,1H3,(H,25,28). The van der Waals surface area contributed by atoms with E-state index in [1.54, 1.807) is 7.11 Å². The normalized spacial score (nSPS) is 10.9. The molecule has 31 heavy (non-hydrogen) atoms. The lowest BCUT2D eigenvalue weighted by molar-refractivity contribution is -0.113. The van der Waals surface area contributed by atoms with Crippen molar-refractivity contribution < 1.29 is 13.9 Å². The van der Waals surface area contributed by atoms with Gasteiger partial charge in [0.05, 0.1) is 12.9 Å². The van der Waals surface area contributed by atoms with E-state index in [2.05, 4.69) is 27.6 Å². The molecule has 0 aliphatic carbocycles. The molecule has 0 aliphatic rings. The minimum Gasteiger partial charge on any atom is -0.497 e. The van der Waals surface area contributed by atoms with Gasteiger partial charge in [0, 0.05) is 17.5 Å². The van der Waals surface area contributed by atoms with Crippen molar-refractivity contribution in [2.24, 2.45) is 0 Å². The molecule has 158 valence electrons. The highest BCUT2D eigenvalue weighted by molar-refractivity contribution is 7.99. The number of aryl methyl sites for hydroxylation is 2. The fraction of sp³-hybridized carbons (Fsp3) is 0.208. The van der Waals surface area contributed by atoms with Crippen LogP contribution in [0.5, 0.6) is 5.75 Å². The van der Waals surface area contributed by atoms with Gasteiger partial charge >= 0.3 is 0 Å². The Morgan fingerprint density at radius 3 is 2.65 bits per heavy atom. The molecule has 0 spiro atoms. The molecule has 0 radical (unpaired) electrons. The summed E-state index contributed by atoms with van der Waals surface area (Å²) < 4.78 is 10.8. The van der Waals surface area contributed by atoms with E-state index in [4.69, 9.17) is 9.15 Å². The number of thioether (sulfide) groups is 1. The minimum absolute atomic E-state index is 0.111. The number of benzene rings is 3. The van der Waals surface area contributed by atoms with Crippen LogP contribution in [0.2, 0.25) is 0 Å². The Hall–Kier alpha value is -3.32.